The second-order valence-electron chi connectivity index (χ2n) is 3.76. The van der Waals surface area contributed by atoms with Crippen LogP contribution in [0.1, 0.15) is 0 Å². The van der Waals surface area contributed by atoms with E-state index in [1.165, 1.54) is 14.2 Å². The van der Waals surface area contributed by atoms with Crippen LogP contribution in [0.4, 0.5) is 4.79 Å². The smallest absolute Gasteiger partial charge is 0.407 e. The first kappa shape index (κ1) is 13.2. The summed E-state index contributed by atoms with van der Waals surface area (Å²) >= 11 is 0. The lowest BCUT2D eigenvalue weighted by Crippen LogP contribution is -2.38. The number of hydrogen-bond donors (Lipinski definition) is 2. The molecule has 1 rings (SSSR count). The Labute approximate surface area is 97.3 Å². The van der Waals surface area contributed by atoms with Crippen molar-refractivity contribution in [3.05, 3.63) is 0 Å². The van der Waals surface area contributed by atoms with Crippen LogP contribution in [0.3, 0.4) is 0 Å². The molecule has 1 fully saturated rings. The quantitative estimate of drug-likeness (QED) is 0.638. The number of likely N-dealkylation sites (tertiary alicyclic amines) is 1. The highest BCUT2D eigenvalue weighted by Gasteiger charge is 2.44. The molecule has 0 aromatic heterocycles. The van der Waals surface area contributed by atoms with Gasteiger partial charge < -0.3 is 15.1 Å². The Morgan fingerprint density at radius 2 is 1.76 bits per heavy atom. The number of hydrogen-bond acceptors (Lipinski definition) is 4. The fourth-order valence-electron chi connectivity index (χ4n) is 1.78. The van der Waals surface area contributed by atoms with Gasteiger partial charge in [-0.2, -0.15) is 0 Å². The molecular formula is C9H14N2O6. The Morgan fingerprint density at radius 1 is 1.24 bits per heavy atom. The van der Waals surface area contributed by atoms with Gasteiger partial charge >= 0.3 is 12.1 Å². The summed E-state index contributed by atoms with van der Waals surface area (Å²) in [6.07, 6.45) is -1.23. The highest BCUT2D eigenvalue weighted by Crippen LogP contribution is 2.25. The third kappa shape index (κ3) is 2.64. The fraction of sp³-hybridized carbons (Fsp3) is 0.667. The molecule has 0 radical (unpaired) electrons. The average molecular weight is 246 g/mol. The minimum atomic E-state index is -1.23. The van der Waals surface area contributed by atoms with E-state index in [9.17, 15) is 14.4 Å². The van der Waals surface area contributed by atoms with Gasteiger partial charge in [0.05, 0.1) is 18.9 Å². The van der Waals surface area contributed by atoms with E-state index >= 15 is 0 Å². The molecule has 17 heavy (non-hydrogen) atoms. The number of nitrogens with zero attached hydrogens (tertiary/aromatic N) is 2. The molecule has 1 aliphatic heterocycles. The number of rotatable bonds is 3. The molecule has 0 spiro atoms. The van der Waals surface area contributed by atoms with Gasteiger partial charge in [0, 0.05) is 20.1 Å². The zero-order chi connectivity index (χ0) is 13.2. The van der Waals surface area contributed by atoms with E-state index in [0.717, 1.165) is 9.96 Å². The first-order chi connectivity index (χ1) is 7.88. The zero-order valence-electron chi connectivity index (χ0n) is 9.49. The van der Waals surface area contributed by atoms with Gasteiger partial charge in [0.1, 0.15) is 0 Å². The summed E-state index contributed by atoms with van der Waals surface area (Å²) in [4.78, 5) is 39.1. The Kier molecular flexibility index (Phi) is 3.89. The number of carboxylic acids is 1. The molecule has 2 amide bonds. The number of aliphatic carboxylic acids is 1. The van der Waals surface area contributed by atoms with Crippen LogP contribution in [0.25, 0.3) is 0 Å². The third-order valence-electron chi connectivity index (χ3n) is 2.81. The summed E-state index contributed by atoms with van der Waals surface area (Å²) in [6.45, 7) is -0.308. The van der Waals surface area contributed by atoms with E-state index in [-0.39, 0.29) is 13.1 Å². The van der Waals surface area contributed by atoms with E-state index in [4.69, 9.17) is 10.2 Å². The molecule has 0 saturated carbocycles. The van der Waals surface area contributed by atoms with Gasteiger partial charge in [0.2, 0.25) is 0 Å². The highest BCUT2D eigenvalue weighted by atomic mass is 16.7. The number of amides is 2. The zero-order valence-corrected chi connectivity index (χ0v) is 9.49. The Balaban J connectivity index is 2.85. The Hall–Kier alpha value is -1.83. The molecular weight excluding hydrogens is 232 g/mol. The maximum Gasteiger partial charge on any atom is 0.407 e. The van der Waals surface area contributed by atoms with Crippen molar-refractivity contribution < 1.29 is 29.4 Å². The monoisotopic (exact) mass is 246 g/mol. The molecule has 0 aromatic carbocycles. The van der Waals surface area contributed by atoms with Crippen molar-refractivity contribution in [2.24, 2.45) is 11.8 Å². The van der Waals surface area contributed by atoms with Crippen LogP contribution in [0, 0.1) is 11.8 Å². The number of carbonyl (C=O) groups is 3. The molecule has 8 heteroatoms. The molecule has 0 aromatic rings. The lowest BCUT2D eigenvalue weighted by atomic mass is 9.95. The highest BCUT2D eigenvalue weighted by molar-refractivity contribution is 5.86. The number of carbonyl (C=O) groups excluding carboxylic acids is 1. The van der Waals surface area contributed by atoms with Crippen LogP contribution in [0.5, 0.6) is 0 Å². The summed E-state index contributed by atoms with van der Waals surface area (Å²) in [5, 5.41) is 18.6. The second kappa shape index (κ2) is 5.00. The molecule has 0 aliphatic carbocycles. The second-order valence-corrected chi connectivity index (χ2v) is 3.76. The van der Waals surface area contributed by atoms with Crippen molar-refractivity contribution in [1.82, 2.24) is 9.96 Å². The van der Waals surface area contributed by atoms with Crippen molar-refractivity contribution in [3.63, 3.8) is 0 Å². The first-order valence-corrected chi connectivity index (χ1v) is 4.90. The average Bonchev–Trinajstić information content (AvgIpc) is 2.71. The summed E-state index contributed by atoms with van der Waals surface area (Å²) in [7, 11) is 2.63. The minimum Gasteiger partial charge on any atom is -0.481 e. The Bertz CT molecular complexity index is 344. The van der Waals surface area contributed by atoms with Gasteiger partial charge in [-0.15, -0.1) is 0 Å². The standard InChI is InChI=1S/C9H14N2O6/c1-10(17-2)7(12)5-3-11(9(15)16)4-6(5)8(13)14/h5-6H,3-4H2,1-2H3,(H,13,14)(H,15,16)/t5-,6-/m0/s1. The molecule has 0 bridgehead atoms. The van der Waals surface area contributed by atoms with E-state index in [2.05, 4.69) is 4.84 Å². The van der Waals surface area contributed by atoms with Crippen molar-refractivity contribution >= 4 is 18.0 Å². The molecule has 2 N–H and O–H groups in total. The van der Waals surface area contributed by atoms with Gasteiger partial charge in [-0.05, 0) is 0 Å². The molecule has 96 valence electrons. The van der Waals surface area contributed by atoms with Gasteiger partial charge in [-0.1, -0.05) is 0 Å². The lowest BCUT2D eigenvalue weighted by molar-refractivity contribution is -0.176. The summed E-state index contributed by atoms with van der Waals surface area (Å²) in [6, 6.07) is 0. The topological polar surface area (TPSA) is 107 Å². The molecule has 1 aliphatic rings. The maximum absolute atomic E-state index is 11.8. The predicted octanol–water partition coefficient (Wildman–Crippen LogP) is -0.683. The summed E-state index contributed by atoms with van der Waals surface area (Å²) in [5.74, 6) is -3.66. The maximum atomic E-state index is 11.8. The largest absolute Gasteiger partial charge is 0.481 e. The van der Waals surface area contributed by atoms with Crippen molar-refractivity contribution in [2.45, 2.75) is 0 Å². The Morgan fingerprint density at radius 3 is 2.18 bits per heavy atom. The minimum absolute atomic E-state index is 0.126. The molecule has 1 heterocycles. The SMILES string of the molecule is CON(C)C(=O)[C@H]1CN(C(=O)O)C[C@@H]1C(=O)O. The summed E-state index contributed by atoms with van der Waals surface area (Å²) < 4.78 is 0. The van der Waals surface area contributed by atoms with Crippen LogP contribution < -0.4 is 0 Å². The van der Waals surface area contributed by atoms with Gasteiger partial charge in [0.15, 0.2) is 0 Å². The van der Waals surface area contributed by atoms with Crippen LogP contribution >= 0.6 is 0 Å². The van der Waals surface area contributed by atoms with E-state index in [1.54, 1.807) is 0 Å². The van der Waals surface area contributed by atoms with Gasteiger partial charge in [-0.25, -0.2) is 9.86 Å². The van der Waals surface area contributed by atoms with Crippen LogP contribution in [-0.4, -0.2) is 65.4 Å². The van der Waals surface area contributed by atoms with E-state index in [0.29, 0.717) is 0 Å². The summed E-state index contributed by atoms with van der Waals surface area (Å²) in [5.41, 5.74) is 0. The van der Waals surface area contributed by atoms with Crippen LogP contribution in [-0.2, 0) is 14.4 Å². The normalized spacial score (nSPS) is 23.5. The third-order valence-corrected chi connectivity index (χ3v) is 2.81. The van der Waals surface area contributed by atoms with E-state index < -0.39 is 29.8 Å². The number of carboxylic acid groups (broad SMARTS) is 2. The molecule has 0 unspecified atom stereocenters. The molecule has 2 atom stereocenters. The fourth-order valence-corrected chi connectivity index (χ4v) is 1.78. The van der Waals surface area contributed by atoms with E-state index in [1.807, 2.05) is 0 Å². The molecule has 1 saturated heterocycles. The van der Waals surface area contributed by atoms with Crippen LogP contribution in [0.15, 0.2) is 0 Å². The lowest BCUT2D eigenvalue weighted by Gasteiger charge is -2.20. The van der Waals surface area contributed by atoms with Gasteiger partial charge in [0.25, 0.3) is 5.91 Å². The van der Waals surface area contributed by atoms with Crippen LogP contribution in [0.2, 0.25) is 0 Å². The van der Waals surface area contributed by atoms with Crippen molar-refractivity contribution in [3.8, 4) is 0 Å². The molecule has 8 nitrogen and oxygen atoms in total. The number of hydroxylamine groups is 2. The predicted molar refractivity (Wildman–Crippen MR) is 54.0 cm³/mol. The first-order valence-electron chi connectivity index (χ1n) is 4.90. The van der Waals surface area contributed by atoms with Crippen molar-refractivity contribution in [2.75, 3.05) is 27.2 Å². The van der Waals surface area contributed by atoms with Gasteiger partial charge in [-0.3, -0.25) is 14.4 Å². The van der Waals surface area contributed by atoms with Crippen molar-refractivity contribution in [1.29, 1.82) is 0 Å².